The van der Waals surface area contributed by atoms with Crippen molar-refractivity contribution in [1.82, 2.24) is 0 Å². The van der Waals surface area contributed by atoms with Gasteiger partial charge in [0.1, 0.15) is 0 Å². The first-order valence-corrected chi connectivity index (χ1v) is 6.07. The maximum Gasteiger partial charge on any atom is 0.370 e. The molecular formula is C15H18NO2+. The van der Waals surface area contributed by atoms with Gasteiger partial charge in [0.2, 0.25) is 12.2 Å². The highest BCUT2D eigenvalue weighted by Crippen LogP contribution is 2.39. The van der Waals surface area contributed by atoms with E-state index in [0.717, 1.165) is 11.4 Å². The highest BCUT2D eigenvalue weighted by Gasteiger charge is 2.44. The quantitative estimate of drug-likeness (QED) is 0.830. The summed E-state index contributed by atoms with van der Waals surface area (Å²) in [5, 5.41) is 9.08. The van der Waals surface area contributed by atoms with Crippen molar-refractivity contribution < 1.29 is 14.5 Å². The Hall–Kier alpha value is -1.90. The van der Waals surface area contributed by atoms with Gasteiger partial charge in [-0.2, -0.15) is 4.58 Å². The van der Waals surface area contributed by atoms with Crippen LogP contribution in [0.5, 0.6) is 0 Å². The molecule has 0 unspecified atom stereocenters. The zero-order chi connectivity index (χ0) is 13.3. The van der Waals surface area contributed by atoms with E-state index < -0.39 is 5.97 Å². The van der Waals surface area contributed by atoms with Crippen LogP contribution in [-0.4, -0.2) is 27.9 Å². The molecule has 0 aromatic heterocycles. The predicted molar refractivity (Wildman–Crippen MR) is 71.7 cm³/mol. The number of hydrogen-bond acceptors (Lipinski definition) is 1. The molecule has 0 fully saturated rings. The molecule has 1 N–H and O–H groups in total. The number of benzene rings is 1. The zero-order valence-corrected chi connectivity index (χ0v) is 11.0. The van der Waals surface area contributed by atoms with Crippen molar-refractivity contribution >= 4 is 17.4 Å². The van der Waals surface area contributed by atoms with Crippen LogP contribution in [0.1, 0.15) is 26.3 Å². The summed E-state index contributed by atoms with van der Waals surface area (Å²) in [5.74, 6) is -0.815. The van der Waals surface area contributed by atoms with Crippen molar-refractivity contribution in [1.29, 1.82) is 0 Å². The number of carboxylic acids is 1. The van der Waals surface area contributed by atoms with Crippen molar-refractivity contribution in [2.75, 3.05) is 6.54 Å². The van der Waals surface area contributed by atoms with Crippen molar-refractivity contribution in [2.24, 2.45) is 0 Å². The molecule has 0 amide bonds. The van der Waals surface area contributed by atoms with Gasteiger partial charge in [-0.1, -0.05) is 24.3 Å². The summed E-state index contributed by atoms with van der Waals surface area (Å²) in [6.45, 7) is 6.21. The monoisotopic (exact) mass is 244 g/mol. The number of fused-ring (bicyclic) bond motifs is 1. The second-order valence-electron chi connectivity index (χ2n) is 5.01. The summed E-state index contributed by atoms with van der Waals surface area (Å²) in [6, 6.07) is 8.00. The Labute approximate surface area is 107 Å². The van der Waals surface area contributed by atoms with Gasteiger partial charge in [-0.15, -0.1) is 0 Å². The zero-order valence-electron chi connectivity index (χ0n) is 11.0. The number of aliphatic carboxylic acids is 1. The Kier molecular flexibility index (Phi) is 3.07. The molecule has 1 heterocycles. The van der Waals surface area contributed by atoms with E-state index in [4.69, 9.17) is 5.11 Å². The predicted octanol–water partition coefficient (Wildman–Crippen LogP) is 2.72. The number of carboxylic acid groups (broad SMARTS) is 1. The molecule has 1 aromatic carbocycles. The standard InChI is InChI=1S/C15H17NO2/c1-4-7-13-15(2,3)11-8-5-6-9-12(11)16(13)10-14(17)18/h4-9H,10H2,1-3H3/p+1. The Morgan fingerprint density at radius 3 is 2.67 bits per heavy atom. The number of allylic oxidation sites excluding steroid dienone is 2. The third-order valence-corrected chi connectivity index (χ3v) is 3.42. The van der Waals surface area contributed by atoms with Gasteiger partial charge in [0.25, 0.3) is 0 Å². The molecule has 0 saturated carbocycles. The molecule has 94 valence electrons. The maximum atomic E-state index is 11.0. The molecule has 0 saturated heterocycles. The molecule has 0 bridgehead atoms. The fraction of sp³-hybridized carbons (Fsp3) is 0.333. The number of rotatable bonds is 3. The van der Waals surface area contributed by atoms with E-state index in [1.807, 2.05) is 41.9 Å². The Morgan fingerprint density at radius 2 is 2.06 bits per heavy atom. The molecule has 1 aromatic rings. The van der Waals surface area contributed by atoms with Crippen LogP contribution in [-0.2, 0) is 10.2 Å². The lowest BCUT2D eigenvalue weighted by molar-refractivity contribution is -0.428. The summed E-state index contributed by atoms with van der Waals surface area (Å²) in [4.78, 5) is 11.0. The Bertz CT molecular complexity index is 553. The summed E-state index contributed by atoms with van der Waals surface area (Å²) in [6.07, 6.45) is 3.96. The van der Waals surface area contributed by atoms with Gasteiger partial charge in [-0.05, 0) is 20.8 Å². The van der Waals surface area contributed by atoms with E-state index in [1.165, 1.54) is 5.56 Å². The first-order valence-electron chi connectivity index (χ1n) is 6.07. The molecule has 3 heteroatoms. The largest absolute Gasteiger partial charge is 0.477 e. The van der Waals surface area contributed by atoms with Gasteiger partial charge in [0, 0.05) is 17.7 Å². The van der Waals surface area contributed by atoms with E-state index in [-0.39, 0.29) is 12.0 Å². The fourth-order valence-corrected chi connectivity index (χ4v) is 2.60. The van der Waals surface area contributed by atoms with Crippen molar-refractivity contribution in [3.8, 4) is 0 Å². The highest BCUT2D eigenvalue weighted by molar-refractivity contribution is 6.03. The molecule has 0 radical (unpaired) electrons. The van der Waals surface area contributed by atoms with Gasteiger partial charge in [-0.25, -0.2) is 4.79 Å². The lowest BCUT2D eigenvalue weighted by Gasteiger charge is -2.14. The van der Waals surface area contributed by atoms with E-state index in [9.17, 15) is 4.79 Å². The van der Waals surface area contributed by atoms with Crippen LogP contribution in [0.15, 0.2) is 36.4 Å². The molecule has 0 aliphatic carbocycles. The second kappa shape index (κ2) is 4.41. The van der Waals surface area contributed by atoms with Crippen LogP contribution in [0.2, 0.25) is 0 Å². The summed E-state index contributed by atoms with van der Waals surface area (Å²) in [7, 11) is 0. The molecular weight excluding hydrogens is 226 g/mol. The Balaban J connectivity index is 2.66. The summed E-state index contributed by atoms with van der Waals surface area (Å²) >= 11 is 0. The molecule has 3 nitrogen and oxygen atoms in total. The van der Waals surface area contributed by atoms with Gasteiger partial charge < -0.3 is 5.11 Å². The van der Waals surface area contributed by atoms with Crippen molar-refractivity contribution in [3.05, 3.63) is 42.0 Å². The minimum absolute atomic E-state index is 0.000116. The topological polar surface area (TPSA) is 40.3 Å². The number of nitrogens with zero attached hydrogens (tertiary/aromatic N) is 1. The SMILES string of the molecule is CC=CC1=[N+](CC(=O)O)c2ccccc2C1(C)C. The van der Waals surface area contributed by atoms with E-state index in [2.05, 4.69) is 19.9 Å². The van der Waals surface area contributed by atoms with Gasteiger partial charge in [0.05, 0.1) is 5.41 Å². The minimum Gasteiger partial charge on any atom is -0.477 e. The first kappa shape index (κ1) is 12.6. The van der Waals surface area contributed by atoms with Crippen LogP contribution in [0.25, 0.3) is 0 Å². The van der Waals surface area contributed by atoms with Crippen molar-refractivity contribution in [3.63, 3.8) is 0 Å². The van der Waals surface area contributed by atoms with Crippen LogP contribution in [0.3, 0.4) is 0 Å². The molecule has 18 heavy (non-hydrogen) atoms. The highest BCUT2D eigenvalue weighted by atomic mass is 16.4. The smallest absolute Gasteiger partial charge is 0.370 e. The molecule has 1 aliphatic heterocycles. The lowest BCUT2D eigenvalue weighted by atomic mass is 9.81. The average molecular weight is 244 g/mol. The van der Waals surface area contributed by atoms with Crippen LogP contribution >= 0.6 is 0 Å². The maximum absolute atomic E-state index is 11.0. The third-order valence-electron chi connectivity index (χ3n) is 3.42. The van der Waals surface area contributed by atoms with Crippen LogP contribution < -0.4 is 0 Å². The summed E-state index contributed by atoms with van der Waals surface area (Å²) in [5.41, 5.74) is 3.06. The van der Waals surface area contributed by atoms with E-state index in [1.54, 1.807) is 0 Å². The van der Waals surface area contributed by atoms with E-state index in [0.29, 0.717) is 0 Å². The van der Waals surface area contributed by atoms with Crippen LogP contribution in [0, 0.1) is 0 Å². The molecule has 0 spiro atoms. The number of hydrogen-bond donors (Lipinski definition) is 1. The second-order valence-corrected chi connectivity index (χ2v) is 5.01. The first-order chi connectivity index (χ1) is 8.48. The molecule has 2 rings (SSSR count). The normalized spacial score (nSPS) is 17.3. The van der Waals surface area contributed by atoms with Crippen molar-refractivity contribution in [2.45, 2.75) is 26.2 Å². The Morgan fingerprint density at radius 1 is 1.39 bits per heavy atom. The lowest BCUT2D eigenvalue weighted by Crippen LogP contribution is -2.29. The van der Waals surface area contributed by atoms with Gasteiger partial charge in [-0.3, -0.25) is 0 Å². The van der Waals surface area contributed by atoms with Gasteiger partial charge >= 0.3 is 5.97 Å². The van der Waals surface area contributed by atoms with Crippen LogP contribution in [0.4, 0.5) is 5.69 Å². The van der Waals surface area contributed by atoms with E-state index >= 15 is 0 Å². The minimum atomic E-state index is -0.815. The third kappa shape index (κ3) is 1.86. The fourth-order valence-electron chi connectivity index (χ4n) is 2.60. The number of para-hydroxylation sites is 1. The molecule has 1 aliphatic rings. The van der Waals surface area contributed by atoms with Gasteiger partial charge in [0.15, 0.2) is 5.71 Å². The average Bonchev–Trinajstić information content (AvgIpc) is 2.51. The number of carbonyl (C=O) groups is 1. The summed E-state index contributed by atoms with van der Waals surface area (Å²) < 4.78 is 1.89. The molecule has 0 atom stereocenters.